The average Bonchev–Trinajstić information content (AvgIpc) is 2.71. The number of imide groups is 1. The number of carbonyl (C=O) groups excluding carboxylic acids is 3. The fourth-order valence-corrected chi connectivity index (χ4v) is 5.09. The van der Waals surface area contributed by atoms with Crippen LogP contribution in [0.25, 0.3) is 5.32 Å². The number of rotatable bonds is 5. The maximum atomic E-state index is 13.0. The number of nitrogens with one attached hydrogen (secondary N) is 3. The van der Waals surface area contributed by atoms with Gasteiger partial charge in [-0.2, -0.15) is 0 Å². The summed E-state index contributed by atoms with van der Waals surface area (Å²) >= 11 is 11.9. The number of piperidine rings is 1. The summed E-state index contributed by atoms with van der Waals surface area (Å²) in [4.78, 5) is 37.8. The molecule has 1 heterocycles. The maximum absolute atomic E-state index is 13.0. The van der Waals surface area contributed by atoms with Crippen molar-refractivity contribution >= 4 is 46.7 Å². The quantitative estimate of drug-likeness (QED) is 0.503. The molecule has 0 atom stereocenters. The van der Waals surface area contributed by atoms with Gasteiger partial charge in [0.05, 0.1) is 12.1 Å². The van der Waals surface area contributed by atoms with Crippen molar-refractivity contribution in [3.63, 3.8) is 0 Å². The summed E-state index contributed by atoms with van der Waals surface area (Å²) in [6.45, 7) is 8.43. The van der Waals surface area contributed by atoms with Gasteiger partial charge in [-0.1, -0.05) is 23.2 Å². The molecule has 2 aromatic carbocycles. The molecule has 1 fully saturated rings. The summed E-state index contributed by atoms with van der Waals surface area (Å²) in [6.07, 6.45) is 1.55. The molecule has 0 spiro atoms. The predicted molar refractivity (Wildman–Crippen MR) is 138 cm³/mol. The van der Waals surface area contributed by atoms with Gasteiger partial charge in [0.25, 0.3) is 5.91 Å². The fourth-order valence-electron chi connectivity index (χ4n) is 4.60. The van der Waals surface area contributed by atoms with Crippen LogP contribution in [0.3, 0.4) is 0 Å². The van der Waals surface area contributed by atoms with Crippen molar-refractivity contribution in [1.29, 1.82) is 0 Å². The number of hydrogen-bond acceptors (Lipinski definition) is 5. The summed E-state index contributed by atoms with van der Waals surface area (Å²) in [7, 11) is 1.43. The van der Waals surface area contributed by atoms with E-state index in [1.807, 2.05) is 0 Å². The van der Waals surface area contributed by atoms with E-state index in [0.717, 1.165) is 12.8 Å². The first kappa shape index (κ1) is 30.4. The zero-order valence-electron chi connectivity index (χ0n) is 21.3. The SMILES string of the molecule is COc1ccc(C(=O)NC2CC(C)(C)NC(C)(C)C2)cc1NC(=O)[N-]C(=O)c1ccc(Cl)cc1Cl.[Na+]. The summed E-state index contributed by atoms with van der Waals surface area (Å²) in [6, 6.07) is 7.96. The van der Waals surface area contributed by atoms with E-state index >= 15 is 0 Å². The standard InChI is InChI=1S/C25H30Cl2N4O4.Na/c1-24(2)12-16(13-25(3,4)31-24)28-21(32)14-6-9-20(35-5)19(10-14)29-23(34)30-22(33)17-8-7-15(26)11-18(17)27;/h6-11,16,31H,12-13H2,1-5H3,(H3,28,29,30,32,33,34);/q;+1/p-1. The second-order valence-electron chi connectivity index (χ2n) is 9.86. The van der Waals surface area contributed by atoms with Gasteiger partial charge in [0, 0.05) is 39.0 Å². The van der Waals surface area contributed by atoms with Crippen LogP contribution in [0.4, 0.5) is 10.5 Å². The number of urea groups is 1. The third-order valence-electron chi connectivity index (χ3n) is 5.59. The Hall–Kier alpha value is -1.81. The second kappa shape index (κ2) is 12.2. The third kappa shape index (κ3) is 8.10. The van der Waals surface area contributed by atoms with Crippen LogP contribution in [-0.4, -0.2) is 42.1 Å². The van der Waals surface area contributed by atoms with Crippen LogP contribution in [0.1, 0.15) is 61.3 Å². The molecule has 188 valence electrons. The predicted octanol–water partition coefficient (Wildman–Crippen LogP) is 2.79. The van der Waals surface area contributed by atoms with Crippen molar-refractivity contribution in [3.05, 3.63) is 62.9 Å². The summed E-state index contributed by atoms with van der Waals surface area (Å²) < 4.78 is 5.29. The fraction of sp³-hybridized carbons (Fsp3) is 0.400. The molecule has 0 unspecified atom stereocenters. The smallest absolute Gasteiger partial charge is 0.497 e. The van der Waals surface area contributed by atoms with E-state index in [4.69, 9.17) is 27.9 Å². The number of halogens is 2. The van der Waals surface area contributed by atoms with Crippen LogP contribution in [-0.2, 0) is 0 Å². The molecule has 1 aliphatic heterocycles. The molecule has 8 nitrogen and oxygen atoms in total. The number of methoxy groups -OCH3 is 1. The maximum Gasteiger partial charge on any atom is 1.00 e. The Morgan fingerprint density at radius 3 is 2.25 bits per heavy atom. The van der Waals surface area contributed by atoms with E-state index < -0.39 is 11.9 Å². The van der Waals surface area contributed by atoms with Crippen molar-refractivity contribution < 1.29 is 48.7 Å². The van der Waals surface area contributed by atoms with E-state index in [0.29, 0.717) is 16.3 Å². The van der Waals surface area contributed by atoms with Crippen LogP contribution in [0.5, 0.6) is 5.75 Å². The molecule has 2 aromatic rings. The third-order valence-corrected chi connectivity index (χ3v) is 6.14. The number of ether oxygens (including phenoxy) is 1. The molecule has 4 amide bonds. The topological polar surface area (TPSA) is 111 Å². The van der Waals surface area contributed by atoms with Crippen LogP contribution in [0.15, 0.2) is 36.4 Å². The molecule has 1 aliphatic rings. The van der Waals surface area contributed by atoms with Crippen molar-refractivity contribution in [2.24, 2.45) is 0 Å². The van der Waals surface area contributed by atoms with E-state index in [1.54, 1.807) is 12.1 Å². The van der Waals surface area contributed by atoms with E-state index in [1.165, 1.54) is 31.4 Å². The summed E-state index contributed by atoms with van der Waals surface area (Å²) in [5.74, 6) is -0.790. The van der Waals surface area contributed by atoms with Gasteiger partial charge < -0.3 is 26.0 Å². The van der Waals surface area contributed by atoms with Crippen LogP contribution in [0, 0.1) is 0 Å². The molecule has 0 bridgehead atoms. The van der Waals surface area contributed by atoms with Gasteiger partial charge in [-0.3, -0.25) is 14.4 Å². The number of carbonyl (C=O) groups is 3. The molecule has 36 heavy (non-hydrogen) atoms. The zero-order chi connectivity index (χ0) is 26.0. The van der Waals surface area contributed by atoms with Crippen molar-refractivity contribution in [1.82, 2.24) is 10.6 Å². The molecule has 1 saturated heterocycles. The molecule has 11 heteroatoms. The van der Waals surface area contributed by atoms with Gasteiger partial charge in [-0.25, -0.2) is 0 Å². The Morgan fingerprint density at radius 2 is 1.67 bits per heavy atom. The molecular formula is C25H29Cl2N4NaO4. The van der Waals surface area contributed by atoms with E-state index in [-0.39, 0.29) is 68.9 Å². The van der Waals surface area contributed by atoms with Crippen molar-refractivity contribution in [2.75, 3.05) is 12.4 Å². The van der Waals surface area contributed by atoms with Gasteiger partial charge in [0.1, 0.15) is 5.75 Å². The Bertz CT molecular complexity index is 1140. The molecule has 0 aliphatic carbocycles. The number of hydrogen-bond donors (Lipinski definition) is 3. The van der Waals surface area contributed by atoms with Crippen molar-refractivity contribution in [2.45, 2.75) is 57.7 Å². The summed E-state index contributed by atoms with van der Waals surface area (Å²) in [5, 5.41) is 13.2. The van der Waals surface area contributed by atoms with Gasteiger partial charge in [0.15, 0.2) is 11.9 Å². The molecule has 3 rings (SSSR count). The van der Waals surface area contributed by atoms with E-state index in [9.17, 15) is 14.4 Å². The van der Waals surface area contributed by atoms with Gasteiger partial charge in [-0.15, -0.1) is 0 Å². The monoisotopic (exact) mass is 542 g/mol. The second-order valence-corrected chi connectivity index (χ2v) is 10.7. The molecule has 3 N–H and O–H groups in total. The minimum atomic E-state index is -0.932. The first-order chi connectivity index (χ1) is 16.3. The number of amides is 4. The van der Waals surface area contributed by atoms with Gasteiger partial charge in [-0.05, 0) is 76.9 Å². The Labute approximate surface area is 243 Å². The molecule has 0 aromatic heterocycles. The van der Waals surface area contributed by atoms with Gasteiger partial charge >= 0.3 is 29.6 Å². The van der Waals surface area contributed by atoms with E-state index in [2.05, 4.69) is 49.0 Å². The van der Waals surface area contributed by atoms with Gasteiger partial charge in [0.2, 0.25) is 0 Å². The Kier molecular flexibility index (Phi) is 10.3. The number of anilines is 1. The largest absolute Gasteiger partial charge is 1.00 e. The van der Waals surface area contributed by atoms with Crippen LogP contribution >= 0.6 is 23.2 Å². The van der Waals surface area contributed by atoms with Crippen LogP contribution in [0.2, 0.25) is 10.0 Å². The van der Waals surface area contributed by atoms with Crippen LogP contribution < -0.4 is 50.2 Å². The molecular weight excluding hydrogens is 514 g/mol. The zero-order valence-corrected chi connectivity index (χ0v) is 24.8. The average molecular weight is 543 g/mol. The Balaban J connectivity index is 0.00000456. The minimum Gasteiger partial charge on any atom is -0.497 e. The van der Waals surface area contributed by atoms with Crippen molar-refractivity contribution in [3.8, 4) is 5.75 Å². The number of benzene rings is 2. The molecule has 0 radical (unpaired) electrons. The minimum absolute atomic E-state index is 0. The number of nitrogens with zero attached hydrogens (tertiary/aromatic N) is 1. The summed E-state index contributed by atoms with van der Waals surface area (Å²) in [5.41, 5.74) is 0.329. The Morgan fingerprint density at radius 1 is 1.03 bits per heavy atom. The first-order valence-electron chi connectivity index (χ1n) is 11.1. The first-order valence-corrected chi connectivity index (χ1v) is 11.8. The normalized spacial score (nSPS) is 16.3. The molecule has 0 saturated carbocycles.